The van der Waals surface area contributed by atoms with E-state index in [1.54, 1.807) is 12.1 Å². The highest BCUT2D eigenvalue weighted by Gasteiger charge is 2.11. The molecule has 1 heterocycles. The Morgan fingerprint density at radius 1 is 1.36 bits per heavy atom. The summed E-state index contributed by atoms with van der Waals surface area (Å²) >= 11 is 0. The van der Waals surface area contributed by atoms with Gasteiger partial charge in [0.25, 0.3) is 5.69 Å². The Kier molecular flexibility index (Phi) is 1.90. The molecule has 0 aliphatic carbocycles. The van der Waals surface area contributed by atoms with Gasteiger partial charge in [0.1, 0.15) is 5.10 Å². The second-order valence-corrected chi connectivity index (χ2v) is 2.59. The lowest BCUT2D eigenvalue weighted by Crippen LogP contribution is -2.05. The van der Waals surface area contributed by atoms with E-state index in [0.717, 1.165) is 5.56 Å². The number of rotatable bonds is 2. The SMILES string of the molecule is O=[N+]([O-])c1ccc(-c2nn[nH][nH+]2)cc1. The van der Waals surface area contributed by atoms with Crippen molar-refractivity contribution in [3.8, 4) is 11.4 Å². The van der Waals surface area contributed by atoms with Crippen LogP contribution in [0.1, 0.15) is 0 Å². The van der Waals surface area contributed by atoms with Gasteiger partial charge in [0, 0.05) is 12.1 Å². The van der Waals surface area contributed by atoms with E-state index in [2.05, 4.69) is 20.6 Å². The molecule has 0 amide bonds. The summed E-state index contributed by atoms with van der Waals surface area (Å²) in [4.78, 5) is 9.91. The number of hydrogen-bond donors (Lipinski definition) is 1. The van der Waals surface area contributed by atoms with Crippen LogP contribution in [0.25, 0.3) is 11.4 Å². The van der Waals surface area contributed by atoms with Crippen molar-refractivity contribution >= 4 is 5.69 Å². The average molecular weight is 192 g/mol. The van der Waals surface area contributed by atoms with Gasteiger partial charge in [-0.25, -0.2) is 0 Å². The van der Waals surface area contributed by atoms with Crippen molar-refractivity contribution in [1.29, 1.82) is 0 Å². The fourth-order valence-corrected chi connectivity index (χ4v) is 1.05. The number of nitro groups is 1. The van der Waals surface area contributed by atoms with Gasteiger partial charge in [0.15, 0.2) is 5.21 Å². The molecule has 0 unspecified atom stereocenters. The number of nitrogens with one attached hydrogen (secondary N) is 2. The standard InChI is InChI=1S/C7H5N5O2/c13-12(14)6-3-1-5(2-4-6)7-8-10-11-9-7/h1-4H,(H,8,9,10,11)/p+1. The van der Waals surface area contributed by atoms with Crippen molar-refractivity contribution in [2.24, 2.45) is 0 Å². The Morgan fingerprint density at radius 3 is 2.57 bits per heavy atom. The molecule has 0 aliphatic heterocycles. The second kappa shape index (κ2) is 3.21. The summed E-state index contributed by atoms with van der Waals surface area (Å²) in [5, 5.41) is 22.7. The summed E-state index contributed by atoms with van der Waals surface area (Å²) in [6, 6.07) is 6.04. The Morgan fingerprint density at radius 2 is 2.07 bits per heavy atom. The molecule has 0 saturated carbocycles. The summed E-state index contributed by atoms with van der Waals surface area (Å²) in [5.74, 6) is 0.542. The van der Waals surface area contributed by atoms with E-state index in [4.69, 9.17) is 0 Å². The van der Waals surface area contributed by atoms with Crippen LogP contribution in [0, 0.1) is 10.1 Å². The van der Waals surface area contributed by atoms with Crippen molar-refractivity contribution in [2.45, 2.75) is 0 Å². The summed E-state index contributed by atoms with van der Waals surface area (Å²) in [7, 11) is 0. The number of aromatic nitrogens is 4. The first-order chi connectivity index (χ1) is 6.77. The molecule has 2 aromatic rings. The van der Waals surface area contributed by atoms with Gasteiger partial charge < -0.3 is 0 Å². The Labute approximate surface area is 77.9 Å². The van der Waals surface area contributed by atoms with Gasteiger partial charge in [-0.15, -0.1) is 0 Å². The molecular formula is C7H6N5O2+. The molecule has 1 aromatic carbocycles. The van der Waals surface area contributed by atoms with E-state index in [9.17, 15) is 10.1 Å². The Hall–Kier alpha value is -2.31. The molecule has 1 aromatic heterocycles. The van der Waals surface area contributed by atoms with E-state index in [-0.39, 0.29) is 5.69 Å². The fraction of sp³-hybridized carbons (Fsp3) is 0. The van der Waals surface area contributed by atoms with Crippen LogP contribution < -0.4 is 5.10 Å². The maximum absolute atomic E-state index is 10.4. The minimum atomic E-state index is -0.448. The molecule has 0 atom stereocenters. The molecule has 0 radical (unpaired) electrons. The maximum Gasteiger partial charge on any atom is 0.329 e. The van der Waals surface area contributed by atoms with Crippen LogP contribution in [-0.2, 0) is 0 Å². The molecule has 7 nitrogen and oxygen atoms in total. The van der Waals surface area contributed by atoms with Crippen molar-refractivity contribution < 1.29 is 10.0 Å². The maximum atomic E-state index is 10.4. The molecular weight excluding hydrogens is 186 g/mol. The highest BCUT2D eigenvalue weighted by Crippen LogP contribution is 2.16. The van der Waals surface area contributed by atoms with E-state index >= 15 is 0 Å². The first-order valence-electron chi connectivity index (χ1n) is 3.81. The van der Waals surface area contributed by atoms with Crippen molar-refractivity contribution in [3.05, 3.63) is 34.4 Å². The molecule has 70 valence electrons. The van der Waals surface area contributed by atoms with E-state index in [0.29, 0.717) is 5.82 Å². The number of aromatic amines is 2. The minimum absolute atomic E-state index is 0.0530. The highest BCUT2D eigenvalue weighted by atomic mass is 16.6. The zero-order valence-electron chi connectivity index (χ0n) is 6.97. The fourth-order valence-electron chi connectivity index (χ4n) is 1.05. The first-order valence-corrected chi connectivity index (χ1v) is 3.81. The van der Waals surface area contributed by atoms with E-state index in [1.165, 1.54) is 12.1 Å². The second-order valence-electron chi connectivity index (χ2n) is 2.59. The molecule has 2 rings (SSSR count). The Balaban J connectivity index is 2.36. The van der Waals surface area contributed by atoms with Gasteiger partial charge >= 0.3 is 5.82 Å². The Bertz CT molecular complexity index is 436. The number of tetrazole rings is 1. The first kappa shape index (κ1) is 8.30. The molecule has 0 aliphatic rings. The summed E-state index contributed by atoms with van der Waals surface area (Å²) in [6.07, 6.45) is 0. The summed E-state index contributed by atoms with van der Waals surface area (Å²) in [5.41, 5.74) is 0.793. The van der Waals surface area contributed by atoms with Gasteiger partial charge in [0.2, 0.25) is 0 Å². The van der Waals surface area contributed by atoms with Crippen molar-refractivity contribution in [1.82, 2.24) is 15.5 Å². The summed E-state index contributed by atoms with van der Waals surface area (Å²) < 4.78 is 0. The monoisotopic (exact) mass is 192 g/mol. The predicted octanol–water partition coefficient (Wildman–Crippen LogP) is 0.194. The largest absolute Gasteiger partial charge is 0.329 e. The third-order valence-corrected chi connectivity index (χ3v) is 1.73. The van der Waals surface area contributed by atoms with Crippen LogP contribution in [0.5, 0.6) is 0 Å². The van der Waals surface area contributed by atoms with Crippen molar-refractivity contribution in [3.63, 3.8) is 0 Å². The lowest BCUT2D eigenvalue weighted by atomic mass is 10.2. The number of hydrogen-bond acceptors (Lipinski definition) is 4. The van der Waals surface area contributed by atoms with Gasteiger partial charge in [-0.1, -0.05) is 5.21 Å². The zero-order valence-corrected chi connectivity index (χ0v) is 6.97. The molecule has 0 fully saturated rings. The minimum Gasteiger partial charge on any atom is -0.258 e. The van der Waals surface area contributed by atoms with E-state index < -0.39 is 4.92 Å². The van der Waals surface area contributed by atoms with Gasteiger partial charge in [-0.05, 0) is 12.1 Å². The number of benzene rings is 1. The molecule has 0 saturated heterocycles. The molecule has 7 heteroatoms. The molecule has 0 bridgehead atoms. The molecule has 0 spiro atoms. The van der Waals surface area contributed by atoms with Crippen molar-refractivity contribution in [2.75, 3.05) is 0 Å². The number of nitrogens with zero attached hydrogens (tertiary/aromatic N) is 3. The highest BCUT2D eigenvalue weighted by molar-refractivity contribution is 5.53. The van der Waals surface area contributed by atoms with Gasteiger partial charge in [0.05, 0.1) is 10.5 Å². The van der Waals surface area contributed by atoms with Crippen LogP contribution >= 0.6 is 0 Å². The summed E-state index contributed by atoms with van der Waals surface area (Å²) in [6.45, 7) is 0. The lowest BCUT2D eigenvalue weighted by Gasteiger charge is -1.90. The van der Waals surface area contributed by atoms with Gasteiger partial charge in [-0.2, -0.15) is 5.10 Å². The number of H-pyrrole nitrogens is 2. The topological polar surface area (TPSA) is 98.9 Å². The molecule has 2 N–H and O–H groups in total. The normalized spacial score (nSPS) is 10.0. The number of nitro benzene ring substituents is 1. The van der Waals surface area contributed by atoms with Crippen LogP contribution in [0.2, 0.25) is 0 Å². The number of non-ortho nitro benzene ring substituents is 1. The average Bonchev–Trinajstić information content (AvgIpc) is 2.71. The predicted molar refractivity (Wildman–Crippen MR) is 45.0 cm³/mol. The van der Waals surface area contributed by atoms with Crippen LogP contribution in [-0.4, -0.2) is 20.4 Å². The molecule has 14 heavy (non-hydrogen) atoms. The van der Waals surface area contributed by atoms with Gasteiger partial charge in [-0.3, -0.25) is 10.1 Å². The third-order valence-electron chi connectivity index (χ3n) is 1.73. The zero-order chi connectivity index (χ0) is 9.97. The van der Waals surface area contributed by atoms with Crippen LogP contribution in [0.15, 0.2) is 24.3 Å². The van der Waals surface area contributed by atoms with Crippen LogP contribution in [0.3, 0.4) is 0 Å². The third kappa shape index (κ3) is 1.42. The quantitative estimate of drug-likeness (QED) is 0.542. The smallest absolute Gasteiger partial charge is 0.258 e. The lowest BCUT2D eigenvalue weighted by molar-refractivity contribution is -0.444. The van der Waals surface area contributed by atoms with E-state index in [1.807, 2.05) is 0 Å². The van der Waals surface area contributed by atoms with Crippen LogP contribution in [0.4, 0.5) is 5.69 Å².